The van der Waals surface area contributed by atoms with E-state index in [9.17, 15) is 13.2 Å². The zero-order valence-electron chi connectivity index (χ0n) is 11.5. The largest absolute Gasteiger partial charge is 0.489 e. The quantitative estimate of drug-likeness (QED) is 0.881. The van der Waals surface area contributed by atoms with Crippen molar-refractivity contribution in [3.05, 3.63) is 23.8 Å². The van der Waals surface area contributed by atoms with Gasteiger partial charge in [0.05, 0.1) is 17.0 Å². The van der Waals surface area contributed by atoms with Crippen LogP contribution in [0.1, 0.15) is 10.4 Å². The fourth-order valence-corrected chi connectivity index (χ4v) is 2.55. The molecule has 0 radical (unpaired) electrons. The van der Waals surface area contributed by atoms with Crippen molar-refractivity contribution in [2.24, 2.45) is 0 Å². The summed E-state index contributed by atoms with van der Waals surface area (Å²) in [6, 6.07) is 5.31. The minimum atomic E-state index is -3.09. The smallest absolute Gasteiger partial charge is 0.257 e. The van der Waals surface area contributed by atoms with E-state index in [1.807, 2.05) is 6.07 Å². The van der Waals surface area contributed by atoms with Crippen LogP contribution in [0.5, 0.6) is 5.75 Å². The Morgan fingerprint density at radius 1 is 1.45 bits per heavy atom. The first kappa shape index (κ1) is 14.6. The molecule has 20 heavy (non-hydrogen) atoms. The molecule has 0 fully saturated rings. The van der Waals surface area contributed by atoms with E-state index in [1.165, 1.54) is 4.90 Å². The Bertz CT molecular complexity index is 613. The predicted octanol–water partition coefficient (Wildman–Crippen LogP) is 0.607. The molecule has 1 amide bonds. The Morgan fingerprint density at radius 3 is 2.90 bits per heavy atom. The van der Waals surface area contributed by atoms with Gasteiger partial charge in [-0.15, -0.1) is 0 Å². The average Bonchev–Trinajstić information content (AvgIpc) is 2.42. The zero-order chi connectivity index (χ0) is 14.8. The first-order valence-electron chi connectivity index (χ1n) is 6.31. The maximum atomic E-state index is 12.4. The molecule has 0 bridgehead atoms. The van der Waals surface area contributed by atoms with E-state index in [1.54, 1.807) is 19.2 Å². The van der Waals surface area contributed by atoms with Gasteiger partial charge in [0.2, 0.25) is 0 Å². The van der Waals surface area contributed by atoms with E-state index in [-0.39, 0.29) is 18.2 Å². The molecule has 0 atom stereocenters. The third kappa shape index (κ3) is 3.41. The summed E-state index contributed by atoms with van der Waals surface area (Å²) in [4.78, 5) is 13.8. The first-order valence-corrected chi connectivity index (χ1v) is 8.37. The van der Waals surface area contributed by atoms with Crippen molar-refractivity contribution < 1.29 is 17.9 Å². The van der Waals surface area contributed by atoms with Gasteiger partial charge in [0.15, 0.2) is 5.75 Å². The number of sulfone groups is 1. The highest BCUT2D eigenvalue weighted by Gasteiger charge is 2.21. The fraction of sp³-hybridized carbons (Fsp3) is 0.462. The standard InChI is InChI=1S/C13H18N2O4S/c1-15(7-9-20(2,17)18)13(16)10-4-3-5-11-12(10)19-8-6-14-11/h3-5,14H,6-9H2,1-2H3. The number of nitrogens with one attached hydrogen (secondary N) is 1. The Balaban J connectivity index is 2.17. The third-order valence-electron chi connectivity index (χ3n) is 3.05. The number of fused-ring (bicyclic) bond motifs is 1. The van der Waals surface area contributed by atoms with Gasteiger partial charge in [0, 0.05) is 26.4 Å². The van der Waals surface area contributed by atoms with Crippen LogP contribution in [0.2, 0.25) is 0 Å². The van der Waals surface area contributed by atoms with Gasteiger partial charge in [0.25, 0.3) is 5.91 Å². The van der Waals surface area contributed by atoms with Gasteiger partial charge in [-0.25, -0.2) is 8.42 Å². The predicted molar refractivity (Wildman–Crippen MR) is 77.1 cm³/mol. The van der Waals surface area contributed by atoms with Crippen molar-refractivity contribution in [3.8, 4) is 5.75 Å². The number of hydrogen-bond donors (Lipinski definition) is 1. The number of carbonyl (C=O) groups excluding carboxylic acids is 1. The average molecular weight is 298 g/mol. The van der Waals surface area contributed by atoms with Crippen LogP contribution >= 0.6 is 0 Å². The van der Waals surface area contributed by atoms with Gasteiger partial charge >= 0.3 is 0 Å². The van der Waals surface area contributed by atoms with Crippen LogP contribution in [0.15, 0.2) is 18.2 Å². The molecular weight excluding hydrogens is 280 g/mol. The molecule has 0 saturated heterocycles. The molecule has 0 spiro atoms. The SMILES string of the molecule is CN(CCS(C)(=O)=O)C(=O)c1cccc2c1OCCN2. The second kappa shape index (κ2) is 5.70. The summed E-state index contributed by atoms with van der Waals surface area (Å²) in [5, 5.41) is 3.16. The van der Waals surface area contributed by atoms with Crippen molar-refractivity contribution in [2.75, 3.05) is 44.1 Å². The molecule has 1 aliphatic heterocycles. The molecule has 2 rings (SSSR count). The maximum Gasteiger partial charge on any atom is 0.257 e. The van der Waals surface area contributed by atoms with Gasteiger partial charge in [-0.05, 0) is 12.1 Å². The van der Waals surface area contributed by atoms with Gasteiger partial charge in [-0.2, -0.15) is 0 Å². The molecular formula is C13H18N2O4S. The number of rotatable bonds is 4. The zero-order valence-corrected chi connectivity index (χ0v) is 12.4. The first-order chi connectivity index (χ1) is 9.38. The van der Waals surface area contributed by atoms with Gasteiger partial charge in [-0.1, -0.05) is 6.07 Å². The number of amides is 1. The number of carbonyl (C=O) groups is 1. The normalized spacial score (nSPS) is 13.9. The van der Waals surface area contributed by atoms with Gasteiger partial charge < -0.3 is 15.0 Å². The van der Waals surface area contributed by atoms with Crippen LogP contribution < -0.4 is 10.1 Å². The molecule has 6 nitrogen and oxygen atoms in total. The molecule has 0 saturated carbocycles. The summed E-state index contributed by atoms with van der Waals surface area (Å²) in [6.45, 7) is 1.37. The van der Waals surface area contributed by atoms with Crippen molar-refractivity contribution in [1.82, 2.24) is 4.90 Å². The Hall–Kier alpha value is -1.76. The third-order valence-corrected chi connectivity index (χ3v) is 3.98. The molecule has 1 N–H and O–H groups in total. The number of anilines is 1. The van der Waals surface area contributed by atoms with Crippen LogP contribution in [0.25, 0.3) is 0 Å². The fourth-order valence-electron chi connectivity index (χ4n) is 1.95. The van der Waals surface area contributed by atoms with E-state index < -0.39 is 9.84 Å². The number of ether oxygens (including phenoxy) is 1. The van der Waals surface area contributed by atoms with Crippen molar-refractivity contribution in [3.63, 3.8) is 0 Å². The van der Waals surface area contributed by atoms with Gasteiger partial charge in [0.1, 0.15) is 16.4 Å². The van der Waals surface area contributed by atoms with Crippen LogP contribution in [0.3, 0.4) is 0 Å². The lowest BCUT2D eigenvalue weighted by Gasteiger charge is -2.23. The summed E-state index contributed by atoms with van der Waals surface area (Å²) in [6.07, 6.45) is 1.16. The molecule has 1 heterocycles. The van der Waals surface area contributed by atoms with E-state index >= 15 is 0 Å². The monoisotopic (exact) mass is 298 g/mol. The second-order valence-corrected chi connectivity index (χ2v) is 7.07. The van der Waals surface area contributed by atoms with Crippen molar-refractivity contribution >= 4 is 21.4 Å². The minimum absolute atomic E-state index is 0.0522. The lowest BCUT2D eigenvalue weighted by molar-refractivity contribution is 0.0799. The van der Waals surface area contributed by atoms with Crippen LogP contribution in [0.4, 0.5) is 5.69 Å². The highest BCUT2D eigenvalue weighted by atomic mass is 32.2. The molecule has 1 aromatic rings. The summed E-state index contributed by atoms with van der Waals surface area (Å²) in [5.74, 6) is 0.243. The second-order valence-electron chi connectivity index (χ2n) is 4.81. The van der Waals surface area contributed by atoms with Crippen molar-refractivity contribution in [2.45, 2.75) is 0 Å². The summed E-state index contributed by atoms with van der Waals surface area (Å²) in [7, 11) is -1.50. The number of benzene rings is 1. The topological polar surface area (TPSA) is 75.7 Å². The lowest BCUT2D eigenvalue weighted by Crippen LogP contribution is -2.32. The van der Waals surface area contributed by atoms with E-state index in [0.717, 1.165) is 11.9 Å². The lowest BCUT2D eigenvalue weighted by atomic mass is 10.1. The number of hydrogen-bond acceptors (Lipinski definition) is 5. The highest BCUT2D eigenvalue weighted by molar-refractivity contribution is 7.90. The molecule has 0 aliphatic carbocycles. The molecule has 1 aliphatic rings. The summed E-state index contributed by atoms with van der Waals surface area (Å²) in [5.41, 5.74) is 1.24. The van der Waals surface area contributed by atoms with E-state index in [2.05, 4.69) is 5.32 Å². The Kier molecular flexibility index (Phi) is 4.17. The van der Waals surface area contributed by atoms with E-state index in [4.69, 9.17) is 4.74 Å². The van der Waals surface area contributed by atoms with Gasteiger partial charge in [-0.3, -0.25) is 4.79 Å². The minimum Gasteiger partial charge on any atom is -0.489 e. The van der Waals surface area contributed by atoms with Crippen LogP contribution in [-0.4, -0.2) is 58.0 Å². The molecule has 1 aromatic carbocycles. The molecule has 7 heteroatoms. The van der Waals surface area contributed by atoms with Crippen molar-refractivity contribution in [1.29, 1.82) is 0 Å². The molecule has 110 valence electrons. The van der Waals surface area contributed by atoms with E-state index in [0.29, 0.717) is 24.5 Å². The van der Waals surface area contributed by atoms with Crippen LogP contribution in [-0.2, 0) is 9.84 Å². The highest BCUT2D eigenvalue weighted by Crippen LogP contribution is 2.31. The summed E-state index contributed by atoms with van der Waals surface area (Å²) >= 11 is 0. The molecule has 0 unspecified atom stereocenters. The Labute approximate surface area is 118 Å². The Morgan fingerprint density at radius 2 is 2.20 bits per heavy atom. The molecule has 0 aromatic heterocycles. The number of nitrogens with zero attached hydrogens (tertiary/aromatic N) is 1. The number of para-hydroxylation sites is 1. The maximum absolute atomic E-state index is 12.4. The van der Waals surface area contributed by atoms with Crippen LogP contribution in [0, 0.1) is 0 Å². The summed E-state index contributed by atoms with van der Waals surface area (Å²) < 4.78 is 27.9.